The Balaban J connectivity index is 0.000000201. The highest BCUT2D eigenvalue weighted by molar-refractivity contribution is 5.97. The minimum Gasteiger partial charge on any atom is -0.369 e. The van der Waals surface area contributed by atoms with E-state index < -0.39 is 0 Å². The van der Waals surface area contributed by atoms with Crippen molar-refractivity contribution < 1.29 is 32.8 Å². The fraction of sp³-hybridized carbons (Fsp3) is 0.543. The topological polar surface area (TPSA) is 212 Å². The number of amides is 5. The molecule has 4 fully saturated rings. The summed E-state index contributed by atoms with van der Waals surface area (Å²) in [5.74, 6) is -0.899. The average molecular weight is 1250 g/mol. The molecule has 7 heterocycles. The molecule has 0 saturated carbocycles. The number of primary amides is 1. The third-order valence-corrected chi connectivity index (χ3v) is 17.1. The van der Waals surface area contributed by atoms with E-state index in [2.05, 4.69) is 73.8 Å². The lowest BCUT2D eigenvalue weighted by atomic mass is 9.91. The number of allylic oxidation sites excluding steroid dienone is 2. The van der Waals surface area contributed by atoms with E-state index in [1.165, 1.54) is 89.0 Å². The number of H-pyrrole nitrogens is 1. The molecule has 0 radical (unpaired) electrons. The van der Waals surface area contributed by atoms with Gasteiger partial charge in [0.25, 0.3) is 5.56 Å². The van der Waals surface area contributed by atoms with Crippen molar-refractivity contribution in [1.82, 2.24) is 50.8 Å². The van der Waals surface area contributed by atoms with E-state index in [0.29, 0.717) is 69.5 Å². The zero-order chi connectivity index (χ0) is 65.5. The van der Waals surface area contributed by atoms with Crippen LogP contribution in [-0.4, -0.2) is 184 Å². The molecule has 4 saturated heterocycles. The third kappa shape index (κ3) is 23.1. The number of halogens is 2. The number of fused-ring (bicyclic) bond motifs is 1. The lowest BCUT2D eigenvalue weighted by Gasteiger charge is -2.33. The summed E-state index contributed by atoms with van der Waals surface area (Å²) in [6, 6.07) is 22.4. The molecule has 6 aliphatic heterocycles. The molecular formula is C70H102F2N12O6. The molecule has 2 unspecified atom stereocenters. The predicted octanol–water partition coefficient (Wildman–Crippen LogP) is 6.66. The number of pyridine rings is 1. The van der Waals surface area contributed by atoms with Crippen LogP contribution in [0.15, 0.2) is 107 Å². The smallest absolute Gasteiger partial charge is 0.251 e. The Bertz CT molecular complexity index is 3100. The number of piperazine rings is 2. The fourth-order valence-corrected chi connectivity index (χ4v) is 12.3. The van der Waals surface area contributed by atoms with E-state index in [9.17, 15) is 37.5 Å². The van der Waals surface area contributed by atoms with Crippen molar-refractivity contribution in [3.63, 3.8) is 0 Å². The first-order valence-corrected chi connectivity index (χ1v) is 32.2. The number of likely N-dealkylation sites (N-methyl/N-ethyl adjacent to an activating group) is 1. The summed E-state index contributed by atoms with van der Waals surface area (Å²) in [6.07, 6.45) is 12.8. The summed E-state index contributed by atoms with van der Waals surface area (Å²) in [4.78, 5) is 88.1. The van der Waals surface area contributed by atoms with Crippen molar-refractivity contribution in [1.29, 1.82) is 0 Å². The number of likely N-dealkylation sites (tertiary alicyclic amines) is 2. The maximum atomic E-state index is 13.3. The summed E-state index contributed by atoms with van der Waals surface area (Å²) in [6.45, 7) is 26.5. The Morgan fingerprint density at radius 1 is 0.656 bits per heavy atom. The molecular weight excluding hydrogens is 1140 g/mol. The molecule has 0 bridgehead atoms. The zero-order valence-electron chi connectivity index (χ0n) is 55.3. The number of carbonyl (C=O) groups excluding carboxylic acids is 5. The Labute approximate surface area is 533 Å². The maximum Gasteiger partial charge on any atom is 0.251 e. The van der Waals surface area contributed by atoms with Crippen LogP contribution in [-0.2, 0) is 55.1 Å². The van der Waals surface area contributed by atoms with Gasteiger partial charge in [-0.1, -0.05) is 94.6 Å². The third-order valence-electron chi connectivity index (χ3n) is 17.1. The second-order valence-electron chi connectivity index (χ2n) is 26.5. The number of benzene rings is 3. The second-order valence-corrected chi connectivity index (χ2v) is 26.5. The van der Waals surface area contributed by atoms with Crippen LogP contribution in [0.4, 0.5) is 14.5 Å². The number of aromatic nitrogens is 1. The molecule has 6 aliphatic rings. The number of aromatic amines is 1. The lowest BCUT2D eigenvalue weighted by molar-refractivity contribution is -0.130. The van der Waals surface area contributed by atoms with Gasteiger partial charge in [-0.25, -0.2) is 8.78 Å². The summed E-state index contributed by atoms with van der Waals surface area (Å²) < 4.78 is 26.4. The van der Waals surface area contributed by atoms with E-state index >= 15 is 0 Å². The van der Waals surface area contributed by atoms with Gasteiger partial charge in [-0.15, -0.1) is 0 Å². The van der Waals surface area contributed by atoms with Crippen LogP contribution in [0.5, 0.6) is 0 Å². The van der Waals surface area contributed by atoms with Gasteiger partial charge >= 0.3 is 0 Å². The molecule has 2 atom stereocenters. The molecule has 90 heavy (non-hydrogen) atoms. The molecule has 18 nitrogen and oxygen atoms in total. The Morgan fingerprint density at radius 2 is 1.16 bits per heavy atom. The van der Waals surface area contributed by atoms with E-state index in [1.807, 2.05) is 75.9 Å². The number of hydrogen-bond donors (Lipinski definition) is 6. The minimum atomic E-state index is -0.368. The first-order valence-electron chi connectivity index (χ1n) is 32.2. The van der Waals surface area contributed by atoms with Gasteiger partial charge in [-0.05, 0) is 152 Å². The summed E-state index contributed by atoms with van der Waals surface area (Å²) >= 11 is 0. The number of hydrogen-bond acceptors (Lipinski definition) is 12. The number of piperidine rings is 2. The van der Waals surface area contributed by atoms with Gasteiger partial charge in [0.05, 0.1) is 37.3 Å². The van der Waals surface area contributed by atoms with Crippen molar-refractivity contribution in [2.24, 2.45) is 11.1 Å². The first-order chi connectivity index (χ1) is 42.8. The minimum absolute atomic E-state index is 0.0331. The molecule has 0 aliphatic carbocycles. The number of anilines is 1. The van der Waals surface area contributed by atoms with Gasteiger partial charge in [-0.3, -0.25) is 38.6 Å². The molecule has 1 aromatic heterocycles. The summed E-state index contributed by atoms with van der Waals surface area (Å²) in [5.41, 5.74) is 12.5. The van der Waals surface area contributed by atoms with Gasteiger partial charge in [0, 0.05) is 106 Å². The molecule has 0 spiro atoms. The van der Waals surface area contributed by atoms with Crippen molar-refractivity contribution in [2.75, 3.05) is 118 Å². The molecule has 20 heteroatoms. The van der Waals surface area contributed by atoms with Crippen molar-refractivity contribution >= 4 is 35.7 Å². The summed E-state index contributed by atoms with van der Waals surface area (Å²) in [7, 11) is 5.98. The van der Waals surface area contributed by atoms with Crippen LogP contribution in [0.2, 0.25) is 0 Å². The quantitative estimate of drug-likeness (QED) is 0.0690. The normalized spacial score (nSPS) is 20.1. The Kier molecular flexibility index (Phi) is 28.1. The van der Waals surface area contributed by atoms with Gasteiger partial charge in [-0.2, -0.15) is 0 Å². The Morgan fingerprint density at radius 3 is 1.63 bits per heavy atom. The van der Waals surface area contributed by atoms with Gasteiger partial charge in [0.1, 0.15) is 11.6 Å². The largest absolute Gasteiger partial charge is 0.369 e. The second kappa shape index (κ2) is 35.0. The zero-order valence-corrected chi connectivity index (χ0v) is 55.3. The molecule has 5 amide bonds. The number of rotatable bonds is 15. The highest BCUT2D eigenvalue weighted by atomic mass is 19.1. The van der Waals surface area contributed by atoms with Crippen molar-refractivity contribution in [3.05, 3.63) is 157 Å². The van der Waals surface area contributed by atoms with E-state index in [-0.39, 0.29) is 58.1 Å². The Hall–Kier alpha value is -6.94. The van der Waals surface area contributed by atoms with Gasteiger partial charge < -0.3 is 51.6 Å². The molecule has 10 rings (SSSR count). The molecule has 492 valence electrons. The summed E-state index contributed by atoms with van der Waals surface area (Å²) in [5, 5.41) is 12.2. The highest BCUT2D eigenvalue weighted by Crippen LogP contribution is 2.40. The SMILES string of the molecule is C/C(=C\C1=C(NC=O)C(C)(C)CN1C(=O)CN1CCNC(C)C1)Cc1ccc(F)cc1.CC1CN(CC(=O)N2CC(C)(C)c3[nH]c(=O)c(Cc4ccc(F)cc4)cc32)CCN1.CN1CCCCC1.CN1CCCCC1.CNC(=O)Cc1cccc(CC(N)=O)c1. The van der Waals surface area contributed by atoms with Crippen molar-refractivity contribution in [2.45, 2.75) is 130 Å². The predicted molar refractivity (Wildman–Crippen MR) is 355 cm³/mol. The lowest BCUT2D eigenvalue weighted by Crippen LogP contribution is -2.52. The van der Waals surface area contributed by atoms with Crippen molar-refractivity contribution in [3.8, 4) is 0 Å². The monoisotopic (exact) mass is 1240 g/mol. The standard InChI is InChI=1S/C24H33FN4O2.C23H29FN4O2.C11H14N2O2.2C6H13N/c1-17(11-19-5-7-20(25)8-6-19)12-21-23(27-16-30)24(3,4)15-29(21)22(31)14-28-10-9-26-18(2)13-28;1-15-12-27(9-8-25-15)13-20(29)28-14-23(2,3)21-19(28)11-17(22(30)26-21)10-16-4-6-18(24)7-5-16;1-13-11(15)7-9-4-2-3-8(5-9)6-10(12)14;2*1-7-5-3-2-4-6-7/h5-8,12,16,18,26H,9-11,13-15H2,1-4H3,(H,27,30);4-7,11,15,25H,8-10,12-14H2,1-3H3,(H,26,30);2-5H,6-7H2,1H3,(H2,12,14)(H,13,15);2*2-6H2,1H3/b17-12+;;;;. The number of nitrogens with zero attached hydrogens (tertiary/aromatic N) is 6. The average Bonchev–Trinajstić information content (AvgIpc) is 1.69. The van der Waals surface area contributed by atoms with Crippen LogP contribution < -0.4 is 37.5 Å². The number of carbonyl (C=O) groups is 5. The van der Waals surface area contributed by atoms with Crippen LogP contribution in [0.3, 0.4) is 0 Å². The van der Waals surface area contributed by atoms with Gasteiger partial charge in [0.2, 0.25) is 30.0 Å². The van der Waals surface area contributed by atoms with Crippen LogP contribution in [0.25, 0.3) is 0 Å². The molecule has 7 N–H and O–H groups in total. The van der Waals surface area contributed by atoms with E-state index in [0.717, 1.165) is 89.9 Å². The van der Waals surface area contributed by atoms with E-state index in [1.54, 1.807) is 36.2 Å². The highest BCUT2D eigenvalue weighted by Gasteiger charge is 2.41. The van der Waals surface area contributed by atoms with Crippen LogP contribution in [0.1, 0.15) is 121 Å². The number of nitrogens with one attached hydrogen (secondary N) is 5. The molecule has 3 aromatic carbocycles. The maximum absolute atomic E-state index is 13.3. The first kappa shape index (κ1) is 72.1. The molecule has 4 aromatic rings. The van der Waals surface area contributed by atoms with E-state index in [4.69, 9.17) is 5.73 Å². The fourth-order valence-electron chi connectivity index (χ4n) is 12.3. The van der Waals surface area contributed by atoms with Crippen LogP contribution in [0, 0.1) is 17.0 Å². The van der Waals surface area contributed by atoms with Crippen LogP contribution >= 0.6 is 0 Å². The van der Waals surface area contributed by atoms with Gasteiger partial charge in [0.15, 0.2) is 0 Å². The number of nitrogens with two attached hydrogens (primary N) is 1.